The van der Waals surface area contributed by atoms with E-state index in [1.54, 1.807) is 0 Å². The van der Waals surface area contributed by atoms with Crippen LogP contribution in [0.1, 0.15) is 135 Å². The molecule has 30 heavy (non-hydrogen) atoms. The van der Waals surface area contributed by atoms with Crippen molar-refractivity contribution < 1.29 is 19.4 Å². The van der Waals surface area contributed by atoms with Crippen LogP contribution in [0.3, 0.4) is 0 Å². The minimum atomic E-state index is -1.13. The lowest BCUT2D eigenvalue weighted by molar-refractivity contribution is -0.138. The molecule has 0 bridgehead atoms. The number of esters is 1. The van der Waals surface area contributed by atoms with Crippen molar-refractivity contribution in [2.45, 2.75) is 135 Å². The van der Waals surface area contributed by atoms with Crippen LogP contribution in [0.15, 0.2) is 12.2 Å². The number of unbranched alkanes of at least 4 members (excludes halogenated alkanes) is 19. The Hall–Kier alpha value is -1.32. The van der Waals surface area contributed by atoms with Gasteiger partial charge in [0.2, 0.25) is 0 Å². The zero-order chi connectivity index (χ0) is 22.1. The molecule has 0 spiro atoms. The van der Waals surface area contributed by atoms with E-state index in [0.29, 0.717) is 6.61 Å². The summed E-state index contributed by atoms with van der Waals surface area (Å²) >= 11 is 0. The molecule has 0 aliphatic rings. The normalized spacial score (nSPS) is 11.2. The summed E-state index contributed by atoms with van der Waals surface area (Å²) < 4.78 is 4.94. The Morgan fingerprint density at radius 3 is 1.23 bits per heavy atom. The number of hydrogen-bond acceptors (Lipinski definition) is 3. The highest BCUT2D eigenvalue weighted by molar-refractivity contribution is 5.90. The van der Waals surface area contributed by atoms with E-state index in [4.69, 9.17) is 9.84 Å². The highest BCUT2D eigenvalue weighted by Gasteiger charge is 1.99. The van der Waals surface area contributed by atoms with Crippen molar-refractivity contribution >= 4 is 11.9 Å². The van der Waals surface area contributed by atoms with Gasteiger partial charge in [0.1, 0.15) is 0 Å². The molecule has 0 aromatic carbocycles. The molecule has 1 N–H and O–H groups in total. The number of carbonyl (C=O) groups is 2. The number of rotatable bonds is 23. The minimum absolute atomic E-state index is 0.377. The number of carboxylic acids is 1. The molecule has 0 heterocycles. The number of carboxylic acid groups (broad SMARTS) is 1. The maximum Gasteiger partial charge on any atom is 0.331 e. The molecule has 0 aromatic heterocycles. The predicted octanol–water partition coefficient (Wildman–Crippen LogP) is 7.99. The number of ether oxygens (including phenoxy) is 1. The summed E-state index contributed by atoms with van der Waals surface area (Å²) in [4.78, 5) is 21.4. The first kappa shape index (κ1) is 28.7. The fraction of sp³-hybridized carbons (Fsp3) is 0.846. The summed E-state index contributed by atoms with van der Waals surface area (Å²) in [7, 11) is 0. The zero-order valence-electron chi connectivity index (χ0n) is 19.7. The Balaban J connectivity index is 3.11. The van der Waals surface area contributed by atoms with E-state index in [2.05, 4.69) is 6.92 Å². The first-order valence-electron chi connectivity index (χ1n) is 12.7. The SMILES string of the molecule is CCCCCCCCCCCCCCCCCCCCCCOC(=O)C=CC(=O)O. The largest absolute Gasteiger partial charge is 0.478 e. The molecule has 0 aromatic rings. The molecule has 0 aliphatic carbocycles. The van der Waals surface area contributed by atoms with Gasteiger partial charge in [-0.25, -0.2) is 9.59 Å². The second kappa shape index (κ2) is 24.0. The molecule has 0 saturated heterocycles. The first-order chi connectivity index (χ1) is 14.7. The van der Waals surface area contributed by atoms with Gasteiger partial charge in [-0.05, 0) is 6.42 Å². The topological polar surface area (TPSA) is 63.6 Å². The van der Waals surface area contributed by atoms with Crippen LogP contribution >= 0.6 is 0 Å². The van der Waals surface area contributed by atoms with Gasteiger partial charge in [-0.3, -0.25) is 0 Å². The molecule has 0 unspecified atom stereocenters. The number of aliphatic carboxylic acids is 1. The monoisotopic (exact) mass is 424 g/mol. The molecular weight excluding hydrogens is 376 g/mol. The summed E-state index contributed by atoms with van der Waals surface area (Å²) in [6.45, 7) is 2.66. The van der Waals surface area contributed by atoms with E-state index in [-0.39, 0.29) is 0 Å². The average molecular weight is 425 g/mol. The lowest BCUT2D eigenvalue weighted by Gasteiger charge is -2.04. The molecule has 0 atom stereocenters. The molecule has 4 heteroatoms. The van der Waals surface area contributed by atoms with E-state index in [0.717, 1.165) is 25.0 Å². The fourth-order valence-electron chi connectivity index (χ4n) is 3.72. The van der Waals surface area contributed by atoms with Crippen LogP contribution in [0.5, 0.6) is 0 Å². The van der Waals surface area contributed by atoms with Crippen LogP contribution in [0.25, 0.3) is 0 Å². The maximum atomic E-state index is 11.2. The number of hydrogen-bond donors (Lipinski definition) is 1. The lowest BCUT2D eigenvalue weighted by atomic mass is 10.0. The average Bonchev–Trinajstić information content (AvgIpc) is 2.73. The Bertz CT molecular complexity index is 417. The van der Waals surface area contributed by atoms with Crippen molar-refractivity contribution in [1.82, 2.24) is 0 Å². The third-order valence-corrected chi connectivity index (χ3v) is 5.60. The van der Waals surface area contributed by atoms with Gasteiger partial charge < -0.3 is 9.84 Å². The van der Waals surface area contributed by atoms with E-state index in [1.807, 2.05) is 0 Å². The summed E-state index contributed by atoms with van der Waals surface area (Å²) in [5.74, 6) is -1.71. The van der Waals surface area contributed by atoms with Crippen LogP contribution in [0.2, 0.25) is 0 Å². The van der Waals surface area contributed by atoms with E-state index in [1.165, 1.54) is 116 Å². The molecule has 0 amide bonds. The van der Waals surface area contributed by atoms with E-state index in [9.17, 15) is 9.59 Å². The van der Waals surface area contributed by atoms with Crippen LogP contribution < -0.4 is 0 Å². The van der Waals surface area contributed by atoms with Gasteiger partial charge in [0.15, 0.2) is 0 Å². The molecule has 4 nitrogen and oxygen atoms in total. The smallest absolute Gasteiger partial charge is 0.331 e. The minimum Gasteiger partial charge on any atom is -0.478 e. The van der Waals surface area contributed by atoms with Gasteiger partial charge >= 0.3 is 11.9 Å². The van der Waals surface area contributed by atoms with Crippen LogP contribution in [-0.4, -0.2) is 23.7 Å². The fourth-order valence-corrected chi connectivity index (χ4v) is 3.72. The molecule has 0 rings (SSSR count). The highest BCUT2D eigenvalue weighted by Crippen LogP contribution is 2.14. The summed E-state index contributed by atoms with van der Waals surface area (Å²) in [5, 5.41) is 8.41. The maximum absolute atomic E-state index is 11.2. The van der Waals surface area contributed by atoms with Gasteiger partial charge in [0.25, 0.3) is 0 Å². The zero-order valence-corrected chi connectivity index (χ0v) is 19.7. The molecule has 0 aliphatic heterocycles. The van der Waals surface area contributed by atoms with Gasteiger partial charge in [-0.1, -0.05) is 129 Å². The van der Waals surface area contributed by atoms with Crippen molar-refractivity contribution in [2.75, 3.05) is 6.61 Å². The van der Waals surface area contributed by atoms with Crippen LogP contribution in [0, 0.1) is 0 Å². The standard InChI is InChI=1S/C26H48O4/c1-2-3-4-5-6-7-8-9-10-11-12-13-14-15-16-17-18-19-20-21-24-30-26(29)23-22-25(27)28/h22-23H,2-21,24H2,1H3,(H,27,28). The second-order valence-corrected chi connectivity index (χ2v) is 8.56. The molecule has 0 fully saturated rings. The number of carbonyl (C=O) groups excluding carboxylic acids is 1. The summed E-state index contributed by atoms with van der Waals surface area (Å²) in [6.07, 6.45) is 28.6. The summed E-state index contributed by atoms with van der Waals surface area (Å²) in [6, 6.07) is 0. The second-order valence-electron chi connectivity index (χ2n) is 8.56. The Morgan fingerprint density at radius 1 is 0.567 bits per heavy atom. The van der Waals surface area contributed by atoms with Gasteiger partial charge in [-0.15, -0.1) is 0 Å². The Labute approximate surface area is 185 Å². The van der Waals surface area contributed by atoms with Crippen molar-refractivity contribution in [3.8, 4) is 0 Å². The third kappa shape index (κ3) is 24.7. The van der Waals surface area contributed by atoms with Gasteiger partial charge in [0.05, 0.1) is 6.61 Å². The summed E-state index contributed by atoms with van der Waals surface area (Å²) in [5.41, 5.74) is 0. The van der Waals surface area contributed by atoms with E-state index >= 15 is 0 Å². The van der Waals surface area contributed by atoms with Gasteiger partial charge in [0, 0.05) is 12.2 Å². The van der Waals surface area contributed by atoms with Crippen molar-refractivity contribution in [3.63, 3.8) is 0 Å². The van der Waals surface area contributed by atoms with Crippen LogP contribution in [0.4, 0.5) is 0 Å². The molecule has 0 saturated carbocycles. The Morgan fingerprint density at radius 2 is 0.900 bits per heavy atom. The molecular formula is C26H48O4. The lowest BCUT2D eigenvalue weighted by Crippen LogP contribution is -2.03. The Kier molecular flexibility index (Phi) is 22.9. The van der Waals surface area contributed by atoms with Crippen molar-refractivity contribution in [3.05, 3.63) is 12.2 Å². The third-order valence-electron chi connectivity index (χ3n) is 5.60. The van der Waals surface area contributed by atoms with E-state index < -0.39 is 11.9 Å². The quantitative estimate of drug-likeness (QED) is 0.102. The van der Waals surface area contributed by atoms with Crippen molar-refractivity contribution in [2.24, 2.45) is 0 Å². The van der Waals surface area contributed by atoms with Gasteiger partial charge in [-0.2, -0.15) is 0 Å². The van der Waals surface area contributed by atoms with Crippen LogP contribution in [-0.2, 0) is 14.3 Å². The highest BCUT2D eigenvalue weighted by atomic mass is 16.5. The van der Waals surface area contributed by atoms with Crippen molar-refractivity contribution in [1.29, 1.82) is 0 Å². The molecule has 176 valence electrons. The molecule has 0 radical (unpaired) electrons. The first-order valence-corrected chi connectivity index (χ1v) is 12.7. The predicted molar refractivity (Wildman–Crippen MR) is 126 cm³/mol.